The van der Waals surface area contributed by atoms with Crippen LogP contribution in [0, 0.1) is 5.82 Å². The highest BCUT2D eigenvalue weighted by atomic mass is 32.1. The quantitative estimate of drug-likeness (QED) is 0.232. The molecule has 0 aliphatic heterocycles. The van der Waals surface area contributed by atoms with Crippen LogP contribution in [0.25, 0.3) is 10.1 Å². The topological polar surface area (TPSA) is 58.6 Å². The summed E-state index contributed by atoms with van der Waals surface area (Å²) in [7, 11) is 0. The van der Waals surface area contributed by atoms with Crippen LogP contribution < -0.4 is 10.1 Å². The maximum Gasteiger partial charge on any atom is 0.209 e. The molecule has 4 rings (SSSR count). The second kappa shape index (κ2) is 9.94. The van der Waals surface area contributed by atoms with Gasteiger partial charge in [0, 0.05) is 10.1 Å². The molecular weight excluding hydrogens is 425 g/mol. The third-order valence-electron chi connectivity index (χ3n) is 5.17. The van der Waals surface area contributed by atoms with E-state index >= 15 is 0 Å². The van der Waals surface area contributed by atoms with Crippen molar-refractivity contribution in [1.82, 2.24) is 5.32 Å². The molecule has 4 nitrogen and oxygen atoms in total. The zero-order valence-electron chi connectivity index (χ0n) is 17.7. The van der Waals surface area contributed by atoms with Gasteiger partial charge in [-0.2, -0.15) is 0 Å². The Morgan fingerprint density at radius 3 is 2.62 bits per heavy atom. The van der Waals surface area contributed by atoms with Gasteiger partial charge in [0.2, 0.25) is 5.78 Å². The van der Waals surface area contributed by atoms with Crippen molar-refractivity contribution in [2.24, 2.45) is 0 Å². The first kappa shape index (κ1) is 22.0. The molecule has 0 aliphatic rings. The number of ether oxygens (including phenoxy) is 1. The van der Waals surface area contributed by atoms with Crippen LogP contribution in [-0.2, 0) is 6.42 Å². The second-order valence-electron chi connectivity index (χ2n) is 7.45. The molecule has 6 heteroatoms. The summed E-state index contributed by atoms with van der Waals surface area (Å²) in [5, 5.41) is 13.9. The van der Waals surface area contributed by atoms with Gasteiger partial charge in [0.05, 0.1) is 5.56 Å². The molecule has 0 amide bonds. The summed E-state index contributed by atoms with van der Waals surface area (Å²) in [6.07, 6.45) is 2.01. The van der Waals surface area contributed by atoms with Crippen molar-refractivity contribution in [1.29, 1.82) is 0 Å². The molecule has 0 saturated heterocycles. The average Bonchev–Trinajstić information content (AvgIpc) is 3.15. The van der Waals surface area contributed by atoms with Crippen molar-refractivity contribution in [2.75, 3.05) is 13.1 Å². The Balaban J connectivity index is 1.65. The molecule has 2 N–H and O–H groups in total. The van der Waals surface area contributed by atoms with Crippen LogP contribution in [0.1, 0.15) is 34.1 Å². The van der Waals surface area contributed by atoms with E-state index < -0.39 is 11.6 Å². The molecule has 4 aromatic rings. The number of benzene rings is 3. The number of carbonyl (C=O) groups is 1. The largest absolute Gasteiger partial charge is 0.508 e. The lowest BCUT2D eigenvalue weighted by molar-refractivity contribution is 0.103. The zero-order valence-corrected chi connectivity index (χ0v) is 18.5. The van der Waals surface area contributed by atoms with Crippen molar-refractivity contribution >= 4 is 27.2 Å². The Morgan fingerprint density at radius 1 is 1.09 bits per heavy atom. The number of ketones is 1. The van der Waals surface area contributed by atoms with Gasteiger partial charge in [0.1, 0.15) is 22.2 Å². The number of hydrogen-bond donors (Lipinski definition) is 2. The number of aromatic hydroxyl groups is 1. The minimum absolute atomic E-state index is 0.0100. The summed E-state index contributed by atoms with van der Waals surface area (Å²) in [6.45, 7) is 4.03. The van der Waals surface area contributed by atoms with Crippen molar-refractivity contribution in [2.45, 2.75) is 19.8 Å². The molecule has 164 valence electrons. The van der Waals surface area contributed by atoms with Crippen molar-refractivity contribution in [3.05, 3.63) is 88.6 Å². The molecule has 0 fully saturated rings. The number of rotatable bonds is 9. The van der Waals surface area contributed by atoms with Crippen molar-refractivity contribution in [3.8, 4) is 17.2 Å². The molecule has 1 aromatic heterocycles. The van der Waals surface area contributed by atoms with Gasteiger partial charge in [-0.1, -0.05) is 31.2 Å². The number of halogens is 1. The standard InChI is InChI=1S/C26H24FNO3S/c1-2-28-15-5-6-17-9-12-19(13-10-17)31-25-21-14-11-18(29)16-23(21)32-26(25)24(30)20-7-3-4-8-22(20)27/h3-4,7-14,16,28-29H,2,5-6,15H2,1H3. The number of thiophene rings is 1. The number of nitrogens with one attached hydrogen (secondary N) is 1. The van der Waals surface area contributed by atoms with Gasteiger partial charge in [-0.3, -0.25) is 4.79 Å². The molecule has 0 spiro atoms. The normalized spacial score (nSPS) is 11.1. The number of fused-ring (bicyclic) bond motifs is 1. The van der Waals surface area contributed by atoms with E-state index in [1.165, 1.54) is 29.0 Å². The fourth-order valence-electron chi connectivity index (χ4n) is 3.52. The van der Waals surface area contributed by atoms with E-state index in [1.54, 1.807) is 30.3 Å². The highest BCUT2D eigenvalue weighted by Crippen LogP contribution is 2.42. The van der Waals surface area contributed by atoms with Gasteiger partial charge in [0.25, 0.3) is 0 Å². The highest BCUT2D eigenvalue weighted by Gasteiger charge is 2.24. The monoisotopic (exact) mass is 449 g/mol. The van der Waals surface area contributed by atoms with Crippen molar-refractivity contribution < 1.29 is 19.0 Å². The van der Waals surface area contributed by atoms with Crippen LogP contribution >= 0.6 is 11.3 Å². The fourth-order valence-corrected chi connectivity index (χ4v) is 4.63. The van der Waals surface area contributed by atoms with E-state index in [-0.39, 0.29) is 11.3 Å². The van der Waals surface area contributed by atoms with Crippen LogP contribution in [-0.4, -0.2) is 24.0 Å². The number of aryl methyl sites for hydroxylation is 1. The molecule has 0 atom stereocenters. The first-order valence-corrected chi connectivity index (χ1v) is 11.4. The summed E-state index contributed by atoms with van der Waals surface area (Å²) >= 11 is 1.18. The lowest BCUT2D eigenvalue weighted by Crippen LogP contribution is -2.14. The van der Waals surface area contributed by atoms with Crippen LogP contribution in [0.3, 0.4) is 0 Å². The predicted octanol–water partition coefficient (Wildman–Crippen LogP) is 6.31. The minimum atomic E-state index is -0.578. The van der Waals surface area contributed by atoms with E-state index in [0.717, 1.165) is 25.9 Å². The number of phenols is 1. The highest BCUT2D eigenvalue weighted by molar-refractivity contribution is 7.21. The minimum Gasteiger partial charge on any atom is -0.508 e. The van der Waals surface area contributed by atoms with E-state index in [1.807, 2.05) is 24.3 Å². The average molecular weight is 450 g/mol. The summed E-state index contributed by atoms with van der Waals surface area (Å²) in [5.74, 6) is 0.0375. The Morgan fingerprint density at radius 2 is 1.88 bits per heavy atom. The van der Waals surface area contributed by atoms with Gasteiger partial charge < -0.3 is 15.2 Å². The first-order chi connectivity index (χ1) is 15.6. The molecule has 0 bridgehead atoms. The molecule has 3 aromatic carbocycles. The van der Waals surface area contributed by atoms with Crippen LogP contribution in [0.5, 0.6) is 17.2 Å². The molecular formula is C26H24FNO3S. The molecule has 1 heterocycles. The molecule has 0 saturated carbocycles. The Labute approximate surface area is 190 Å². The van der Waals surface area contributed by atoms with Crippen molar-refractivity contribution in [3.63, 3.8) is 0 Å². The van der Waals surface area contributed by atoms with Gasteiger partial charge in [-0.05, 0) is 74.0 Å². The van der Waals surface area contributed by atoms with E-state index in [4.69, 9.17) is 4.74 Å². The number of carbonyl (C=O) groups excluding carboxylic acids is 1. The van der Waals surface area contributed by atoms with E-state index in [0.29, 0.717) is 26.5 Å². The van der Waals surface area contributed by atoms with Crippen LogP contribution in [0.4, 0.5) is 4.39 Å². The molecule has 32 heavy (non-hydrogen) atoms. The third kappa shape index (κ3) is 4.82. The summed E-state index contributed by atoms with van der Waals surface area (Å²) in [6, 6.07) is 18.5. The molecule has 0 aliphatic carbocycles. The number of hydrogen-bond acceptors (Lipinski definition) is 5. The van der Waals surface area contributed by atoms with Crippen LogP contribution in [0.2, 0.25) is 0 Å². The van der Waals surface area contributed by atoms with E-state index in [2.05, 4.69) is 12.2 Å². The maximum absolute atomic E-state index is 14.3. The molecule has 0 unspecified atom stereocenters. The first-order valence-electron chi connectivity index (χ1n) is 10.6. The summed E-state index contributed by atoms with van der Waals surface area (Å²) < 4.78 is 21.1. The Hall–Kier alpha value is -3.22. The Bertz CT molecular complexity index is 1230. The third-order valence-corrected chi connectivity index (χ3v) is 6.30. The summed E-state index contributed by atoms with van der Waals surface area (Å²) in [4.78, 5) is 13.5. The smallest absolute Gasteiger partial charge is 0.209 e. The number of phenolic OH excluding ortho intramolecular Hbond substituents is 1. The van der Waals surface area contributed by atoms with Gasteiger partial charge >= 0.3 is 0 Å². The lowest BCUT2D eigenvalue weighted by Gasteiger charge is -2.09. The fraction of sp³-hybridized carbons (Fsp3) is 0.192. The van der Waals surface area contributed by atoms with Crippen LogP contribution in [0.15, 0.2) is 66.7 Å². The Kier molecular flexibility index (Phi) is 6.83. The van der Waals surface area contributed by atoms with Gasteiger partial charge in [-0.15, -0.1) is 11.3 Å². The van der Waals surface area contributed by atoms with Gasteiger partial charge in [-0.25, -0.2) is 4.39 Å². The maximum atomic E-state index is 14.3. The second-order valence-corrected chi connectivity index (χ2v) is 8.51. The summed E-state index contributed by atoms with van der Waals surface area (Å²) in [5.41, 5.74) is 1.20. The lowest BCUT2D eigenvalue weighted by atomic mass is 10.1. The van der Waals surface area contributed by atoms with Gasteiger partial charge in [0.15, 0.2) is 5.75 Å². The zero-order chi connectivity index (χ0) is 22.5. The molecule has 0 radical (unpaired) electrons. The SMILES string of the molecule is CCNCCCc1ccc(Oc2c(C(=O)c3ccccc3F)sc3cc(O)ccc23)cc1. The van der Waals surface area contributed by atoms with E-state index in [9.17, 15) is 14.3 Å². The predicted molar refractivity (Wildman–Crippen MR) is 127 cm³/mol.